The molecule has 3 rings (SSSR count). The number of hydrogen-bond donors (Lipinski definition) is 2. The molecule has 1 aromatic heterocycles. The molecule has 138 valence electrons. The number of thiazole rings is 1. The molecule has 0 bridgehead atoms. The first-order valence-corrected chi connectivity index (χ1v) is 9.49. The fraction of sp³-hybridized carbons (Fsp3) is 0.190. The molecule has 0 fully saturated rings. The molecule has 0 spiro atoms. The Balaban J connectivity index is 1.72. The predicted octanol–water partition coefficient (Wildman–Crippen LogP) is 4.32. The van der Waals surface area contributed by atoms with E-state index in [1.54, 1.807) is 0 Å². The highest BCUT2D eigenvalue weighted by Crippen LogP contribution is 2.32. The lowest BCUT2D eigenvalue weighted by molar-refractivity contribution is -0.120. The topological polar surface area (TPSA) is 71.1 Å². The number of carbonyl (C=O) groups is 2. The highest BCUT2D eigenvalue weighted by Gasteiger charge is 2.18. The van der Waals surface area contributed by atoms with Crippen molar-refractivity contribution in [3.05, 3.63) is 71.9 Å². The standard InChI is InChI=1S/C21H21N3O2S/c1-14-20(17-11-7-4-8-12-17)27-21(22-14)24-19(26)13-18(23-15(2)25)16-9-5-3-6-10-16/h3-12,18H,13H2,1-2H3,(H,23,25)(H,22,24,26). The molecule has 1 unspecified atom stereocenters. The van der Waals surface area contributed by atoms with Crippen molar-refractivity contribution in [2.75, 3.05) is 5.32 Å². The number of anilines is 1. The van der Waals surface area contributed by atoms with E-state index in [9.17, 15) is 9.59 Å². The predicted molar refractivity (Wildman–Crippen MR) is 109 cm³/mol. The largest absolute Gasteiger partial charge is 0.349 e. The van der Waals surface area contributed by atoms with Gasteiger partial charge in [-0.25, -0.2) is 4.98 Å². The van der Waals surface area contributed by atoms with Gasteiger partial charge in [-0.2, -0.15) is 0 Å². The van der Waals surface area contributed by atoms with Gasteiger partial charge in [-0.15, -0.1) is 0 Å². The zero-order valence-electron chi connectivity index (χ0n) is 15.2. The molecule has 3 aromatic rings. The van der Waals surface area contributed by atoms with E-state index >= 15 is 0 Å². The fourth-order valence-corrected chi connectivity index (χ4v) is 3.83. The summed E-state index contributed by atoms with van der Waals surface area (Å²) in [4.78, 5) is 29.6. The molecule has 0 aliphatic rings. The lowest BCUT2D eigenvalue weighted by atomic mass is 10.0. The van der Waals surface area contributed by atoms with Crippen LogP contribution in [0.3, 0.4) is 0 Å². The highest BCUT2D eigenvalue weighted by molar-refractivity contribution is 7.19. The number of aryl methyl sites for hydroxylation is 1. The summed E-state index contributed by atoms with van der Waals surface area (Å²) in [5.41, 5.74) is 2.85. The van der Waals surface area contributed by atoms with Crippen LogP contribution in [-0.2, 0) is 9.59 Å². The average Bonchev–Trinajstić information content (AvgIpc) is 3.02. The number of amides is 2. The van der Waals surface area contributed by atoms with Gasteiger partial charge >= 0.3 is 0 Å². The first kappa shape index (κ1) is 18.8. The summed E-state index contributed by atoms with van der Waals surface area (Å²) >= 11 is 1.45. The van der Waals surface area contributed by atoms with Gasteiger partial charge in [0.05, 0.1) is 23.0 Å². The maximum absolute atomic E-state index is 12.5. The summed E-state index contributed by atoms with van der Waals surface area (Å²) < 4.78 is 0. The van der Waals surface area contributed by atoms with E-state index in [4.69, 9.17) is 0 Å². The lowest BCUT2D eigenvalue weighted by Gasteiger charge is -2.17. The summed E-state index contributed by atoms with van der Waals surface area (Å²) in [5.74, 6) is -0.362. The molecule has 2 N–H and O–H groups in total. The minimum Gasteiger partial charge on any atom is -0.349 e. The minimum atomic E-state index is -0.377. The zero-order valence-corrected chi connectivity index (χ0v) is 16.0. The Morgan fingerprint density at radius 2 is 1.67 bits per heavy atom. The third-order valence-electron chi connectivity index (χ3n) is 4.05. The van der Waals surface area contributed by atoms with Gasteiger partial charge in [0.2, 0.25) is 11.8 Å². The summed E-state index contributed by atoms with van der Waals surface area (Å²) in [6.07, 6.45) is 0.142. The van der Waals surface area contributed by atoms with E-state index in [1.165, 1.54) is 18.3 Å². The second-order valence-electron chi connectivity index (χ2n) is 6.22. The first-order valence-electron chi connectivity index (χ1n) is 8.67. The van der Waals surface area contributed by atoms with Crippen molar-refractivity contribution in [1.29, 1.82) is 0 Å². The van der Waals surface area contributed by atoms with Crippen LogP contribution in [0.15, 0.2) is 60.7 Å². The van der Waals surface area contributed by atoms with Crippen LogP contribution in [0.25, 0.3) is 10.4 Å². The number of nitrogens with one attached hydrogen (secondary N) is 2. The molecular weight excluding hydrogens is 358 g/mol. The van der Waals surface area contributed by atoms with Crippen molar-refractivity contribution in [3.8, 4) is 10.4 Å². The van der Waals surface area contributed by atoms with E-state index in [2.05, 4.69) is 15.6 Å². The monoisotopic (exact) mass is 379 g/mol. The fourth-order valence-electron chi connectivity index (χ4n) is 2.85. The number of aromatic nitrogens is 1. The van der Waals surface area contributed by atoms with Gasteiger partial charge in [0.25, 0.3) is 0 Å². The van der Waals surface area contributed by atoms with Gasteiger partial charge in [0.1, 0.15) is 0 Å². The lowest BCUT2D eigenvalue weighted by Crippen LogP contribution is -2.29. The van der Waals surface area contributed by atoms with Crippen LogP contribution in [0, 0.1) is 6.92 Å². The van der Waals surface area contributed by atoms with Crippen molar-refractivity contribution in [2.24, 2.45) is 0 Å². The Bertz CT molecular complexity index is 923. The van der Waals surface area contributed by atoms with Crippen LogP contribution in [0.2, 0.25) is 0 Å². The maximum atomic E-state index is 12.5. The van der Waals surface area contributed by atoms with Crippen molar-refractivity contribution in [1.82, 2.24) is 10.3 Å². The summed E-state index contributed by atoms with van der Waals surface area (Å²) in [6, 6.07) is 19.1. The van der Waals surface area contributed by atoms with Crippen LogP contribution < -0.4 is 10.6 Å². The minimum absolute atomic E-state index is 0.142. The SMILES string of the molecule is CC(=O)NC(CC(=O)Nc1nc(C)c(-c2ccccc2)s1)c1ccccc1. The van der Waals surface area contributed by atoms with Crippen LogP contribution >= 0.6 is 11.3 Å². The molecule has 27 heavy (non-hydrogen) atoms. The Kier molecular flexibility index (Phi) is 5.98. The van der Waals surface area contributed by atoms with E-state index in [-0.39, 0.29) is 24.3 Å². The number of nitrogens with zero attached hydrogens (tertiary/aromatic N) is 1. The molecule has 6 heteroatoms. The molecule has 0 aliphatic carbocycles. The van der Waals surface area contributed by atoms with Gasteiger partial charge in [0.15, 0.2) is 5.13 Å². The highest BCUT2D eigenvalue weighted by atomic mass is 32.1. The van der Waals surface area contributed by atoms with Crippen molar-refractivity contribution >= 4 is 28.3 Å². The van der Waals surface area contributed by atoms with Gasteiger partial charge in [0, 0.05) is 6.92 Å². The Morgan fingerprint density at radius 3 is 2.30 bits per heavy atom. The van der Waals surface area contributed by atoms with Gasteiger partial charge in [-0.3, -0.25) is 9.59 Å². The van der Waals surface area contributed by atoms with Gasteiger partial charge < -0.3 is 10.6 Å². The Morgan fingerprint density at radius 1 is 1.04 bits per heavy atom. The summed E-state index contributed by atoms with van der Waals surface area (Å²) in [7, 11) is 0. The van der Waals surface area contributed by atoms with Crippen molar-refractivity contribution in [2.45, 2.75) is 26.3 Å². The smallest absolute Gasteiger partial charge is 0.228 e. The number of hydrogen-bond acceptors (Lipinski definition) is 4. The third-order valence-corrected chi connectivity index (χ3v) is 5.17. The van der Waals surface area contributed by atoms with Crippen LogP contribution in [0.1, 0.15) is 30.6 Å². The molecule has 0 saturated carbocycles. The molecule has 1 atom stereocenters. The van der Waals surface area contributed by atoms with E-state index in [0.717, 1.165) is 21.7 Å². The van der Waals surface area contributed by atoms with E-state index < -0.39 is 0 Å². The van der Waals surface area contributed by atoms with Crippen molar-refractivity contribution < 1.29 is 9.59 Å². The normalized spacial score (nSPS) is 11.6. The molecule has 0 saturated heterocycles. The van der Waals surface area contributed by atoms with Crippen LogP contribution in [0.4, 0.5) is 5.13 Å². The first-order chi connectivity index (χ1) is 13.0. The molecule has 2 aromatic carbocycles. The number of benzene rings is 2. The van der Waals surface area contributed by atoms with Crippen molar-refractivity contribution in [3.63, 3.8) is 0 Å². The molecule has 0 radical (unpaired) electrons. The Labute approximate surface area is 162 Å². The molecule has 5 nitrogen and oxygen atoms in total. The van der Waals surface area contributed by atoms with Crippen LogP contribution in [-0.4, -0.2) is 16.8 Å². The average molecular weight is 379 g/mol. The summed E-state index contributed by atoms with van der Waals surface area (Å²) in [5, 5.41) is 6.26. The van der Waals surface area contributed by atoms with E-state index in [0.29, 0.717) is 5.13 Å². The molecule has 0 aliphatic heterocycles. The number of carbonyl (C=O) groups excluding carboxylic acids is 2. The second-order valence-corrected chi connectivity index (χ2v) is 7.21. The summed E-state index contributed by atoms with van der Waals surface area (Å²) in [6.45, 7) is 3.38. The third kappa shape index (κ3) is 5.01. The molecule has 1 heterocycles. The number of rotatable bonds is 6. The zero-order chi connectivity index (χ0) is 19.2. The molecular formula is C21H21N3O2S. The van der Waals surface area contributed by atoms with Crippen LogP contribution in [0.5, 0.6) is 0 Å². The second kappa shape index (κ2) is 8.60. The maximum Gasteiger partial charge on any atom is 0.228 e. The van der Waals surface area contributed by atoms with Gasteiger partial charge in [-0.05, 0) is 18.1 Å². The Hall–Kier alpha value is -2.99. The molecule has 2 amide bonds. The van der Waals surface area contributed by atoms with E-state index in [1.807, 2.05) is 67.6 Å². The quantitative estimate of drug-likeness (QED) is 0.670. The van der Waals surface area contributed by atoms with Gasteiger partial charge in [-0.1, -0.05) is 72.0 Å².